The van der Waals surface area contributed by atoms with Gasteiger partial charge >= 0.3 is 0 Å². The first-order valence-corrected chi connectivity index (χ1v) is 8.16. The number of nitrogens with one attached hydrogen (secondary N) is 1. The molecule has 24 heavy (non-hydrogen) atoms. The normalized spacial score (nSPS) is 15.7. The third-order valence-electron chi connectivity index (χ3n) is 3.92. The molecule has 128 valence electrons. The maximum Gasteiger partial charge on any atom is 0.225 e. The Hall–Kier alpha value is -2.71. The van der Waals surface area contributed by atoms with Crippen LogP contribution >= 0.6 is 0 Å². The van der Waals surface area contributed by atoms with Crippen LogP contribution in [0.2, 0.25) is 0 Å². The Morgan fingerprint density at radius 1 is 1.17 bits per heavy atom. The number of nitrogens with zero attached hydrogens (tertiary/aromatic N) is 8. The van der Waals surface area contributed by atoms with Crippen molar-refractivity contribution in [3.63, 3.8) is 0 Å². The molecule has 0 bridgehead atoms. The van der Waals surface area contributed by atoms with Gasteiger partial charge in [0.1, 0.15) is 18.7 Å². The van der Waals surface area contributed by atoms with Crippen molar-refractivity contribution in [2.45, 2.75) is 13.5 Å². The summed E-state index contributed by atoms with van der Waals surface area (Å²) in [5.41, 5.74) is 0. The van der Waals surface area contributed by atoms with Gasteiger partial charge in [0.25, 0.3) is 0 Å². The van der Waals surface area contributed by atoms with Crippen LogP contribution in [0.3, 0.4) is 0 Å². The molecule has 0 radical (unpaired) electrons. The van der Waals surface area contributed by atoms with Crippen molar-refractivity contribution in [2.24, 2.45) is 12.0 Å². The zero-order valence-corrected chi connectivity index (χ0v) is 14.1. The lowest BCUT2D eigenvalue weighted by atomic mass is 10.3. The topological polar surface area (TPSA) is 87.4 Å². The second kappa shape index (κ2) is 7.71. The highest BCUT2D eigenvalue weighted by Gasteiger charge is 2.21. The lowest BCUT2D eigenvalue weighted by Gasteiger charge is -2.36. The van der Waals surface area contributed by atoms with Crippen LogP contribution < -0.4 is 10.2 Å². The Labute approximate surface area is 141 Å². The van der Waals surface area contributed by atoms with Gasteiger partial charge < -0.3 is 15.1 Å². The first kappa shape index (κ1) is 16.2. The molecule has 1 aliphatic heterocycles. The lowest BCUT2D eigenvalue weighted by Crippen LogP contribution is -2.53. The molecule has 1 N–H and O–H groups in total. The molecule has 9 heteroatoms. The highest BCUT2D eigenvalue weighted by molar-refractivity contribution is 5.80. The van der Waals surface area contributed by atoms with Crippen LogP contribution in [0, 0.1) is 0 Å². The molecule has 0 unspecified atom stereocenters. The van der Waals surface area contributed by atoms with Gasteiger partial charge in [0.15, 0.2) is 5.96 Å². The monoisotopic (exact) mass is 329 g/mol. The largest absolute Gasteiger partial charge is 0.357 e. The Bertz CT molecular complexity index is 659. The number of aryl methyl sites for hydroxylation is 1. The van der Waals surface area contributed by atoms with Crippen molar-refractivity contribution in [1.29, 1.82) is 0 Å². The standard InChI is InChI=1S/C15H23N9/c1-3-16-14(19-11-13-20-12-21-22(13)2)23-7-9-24(10-8-23)15-17-5-4-6-18-15/h4-6,12H,3,7-11H2,1-2H3,(H,16,19). The molecule has 0 spiro atoms. The Balaban J connectivity index is 1.62. The van der Waals surface area contributed by atoms with Crippen molar-refractivity contribution < 1.29 is 0 Å². The zero-order chi connectivity index (χ0) is 16.8. The minimum Gasteiger partial charge on any atom is -0.357 e. The van der Waals surface area contributed by atoms with E-state index in [1.807, 2.05) is 13.1 Å². The van der Waals surface area contributed by atoms with Gasteiger partial charge in [0.2, 0.25) is 5.95 Å². The molecule has 0 atom stereocenters. The zero-order valence-electron chi connectivity index (χ0n) is 14.1. The van der Waals surface area contributed by atoms with E-state index in [2.05, 4.69) is 42.1 Å². The molecule has 3 heterocycles. The Morgan fingerprint density at radius 2 is 1.92 bits per heavy atom. The fraction of sp³-hybridized carbons (Fsp3) is 0.533. The minimum atomic E-state index is 0.515. The molecular weight excluding hydrogens is 306 g/mol. The van der Waals surface area contributed by atoms with Gasteiger partial charge in [0, 0.05) is 52.2 Å². The van der Waals surface area contributed by atoms with E-state index in [1.165, 1.54) is 0 Å². The maximum atomic E-state index is 4.70. The maximum absolute atomic E-state index is 4.70. The van der Waals surface area contributed by atoms with Crippen molar-refractivity contribution in [3.8, 4) is 0 Å². The molecule has 1 saturated heterocycles. The van der Waals surface area contributed by atoms with E-state index in [0.717, 1.165) is 50.5 Å². The first-order chi connectivity index (χ1) is 11.8. The Morgan fingerprint density at radius 3 is 2.54 bits per heavy atom. The number of piperazine rings is 1. The average molecular weight is 329 g/mol. The summed E-state index contributed by atoms with van der Waals surface area (Å²) in [5.74, 6) is 2.55. The molecule has 9 nitrogen and oxygen atoms in total. The Kier molecular flexibility index (Phi) is 5.19. The van der Waals surface area contributed by atoms with Crippen molar-refractivity contribution in [1.82, 2.24) is 34.9 Å². The van der Waals surface area contributed by atoms with Crippen molar-refractivity contribution in [3.05, 3.63) is 30.6 Å². The van der Waals surface area contributed by atoms with Gasteiger partial charge in [-0.1, -0.05) is 0 Å². The van der Waals surface area contributed by atoms with Crippen LogP contribution in [-0.2, 0) is 13.6 Å². The fourth-order valence-corrected chi connectivity index (χ4v) is 2.61. The smallest absolute Gasteiger partial charge is 0.225 e. The highest BCUT2D eigenvalue weighted by Crippen LogP contribution is 2.10. The molecule has 0 amide bonds. The second-order valence-corrected chi connectivity index (χ2v) is 5.49. The van der Waals surface area contributed by atoms with Gasteiger partial charge in [-0.3, -0.25) is 4.68 Å². The molecule has 1 fully saturated rings. The molecule has 0 aliphatic carbocycles. The predicted molar refractivity (Wildman–Crippen MR) is 91.6 cm³/mol. The second-order valence-electron chi connectivity index (χ2n) is 5.49. The fourth-order valence-electron chi connectivity index (χ4n) is 2.61. The summed E-state index contributed by atoms with van der Waals surface area (Å²) in [5, 5.41) is 7.44. The van der Waals surface area contributed by atoms with Gasteiger partial charge in [-0.2, -0.15) is 5.10 Å². The number of anilines is 1. The lowest BCUT2D eigenvalue weighted by molar-refractivity contribution is 0.370. The summed E-state index contributed by atoms with van der Waals surface area (Å²) < 4.78 is 1.75. The summed E-state index contributed by atoms with van der Waals surface area (Å²) in [6.45, 7) is 6.93. The van der Waals surface area contributed by atoms with E-state index in [-0.39, 0.29) is 0 Å². The van der Waals surface area contributed by atoms with Crippen LogP contribution in [0.5, 0.6) is 0 Å². The molecule has 0 saturated carbocycles. The third kappa shape index (κ3) is 3.79. The quantitative estimate of drug-likeness (QED) is 0.619. The molecular formula is C15H23N9. The summed E-state index contributed by atoms with van der Waals surface area (Å²) in [6.07, 6.45) is 5.11. The number of aliphatic imine (C=N–C) groups is 1. The van der Waals surface area contributed by atoms with Crippen LogP contribution in [0.4, 0.5) is 5.95 Å². The van der Waals surface area contributed by atoms with Gasteiger partial charge in [0.05, 0.1) is 0 Å². The number of guanidine groups is 1. The summed E-state index contributed by atoms with van der Waals surface area (Å²) in [7, 11) is 1.88. The van der Waals surface area contributed by atoms with Gasteiger partial charge in [-0.15, -0.1) is 0 Å². The van der Waals surface area contributed by atoms with Crippen molar-refractivity contribution in [2.75, 3.05) is 37.6 Å². The van der Waals surface area contributed by atoms with Crippen LogP contribution in [-0.4, -0.2) is 68.3 Å². The summed E-state index contributed by atoms with van der Waals surface area (Å²) >= 11 is 0. The highest BCUT2D eigenvalue weighted by atomic mass is 15.4. The van der Waals surface area contributed by atoms with E-state index in [0.29, 0.717) is 6.54 Å². The van der Waals surface area contributed by atoms with Gasteiger partial charge in [-0.05, 0) is 13.0 Å². The molecule has 2 aromatic heterocycles. The average Bonchev–Trinajstić information content (AvgIpc) is 3.04. The molecule has 2 aromatic rings. The van der Waals surface area contributed by atoms with Crippen LogP contribution in [0.25, 0.3) is 0 Å². The van der Waals surface area contributed by atoms with E-state index >= 15 is 0 Å². The number of aromatic nitrogens is 5. The SMILES string of the molecule is CCNC(=NCc1ncnn1C)N1CCN(c2ncccn2)CC1. The van der Waals surface area contributed by atoms with Gasteiger partial charge in [-0.25, -0.2) is 19.9 Å². The van der Waals surface area contributed by atoms with Crippen molar-refractivity contribution >= 4 is 11.9 Å². The number of hydrogen-bond acceptors (Lipinski definition) is 6. The molecule has 0 aromatic carbocycles. The predicted octanol–water partition coefficient (Wildman–Crippen LogP) is -0.107. The van der Waals surface area contributed by atoms with E-state index in [9.17, 15) is 0 Å². The minimum absolute atomic E-state index is 0.515. The van der Waals surface area contributed by atoms with Crippen LogP contribution in [0.1, 0.15) is 12.7 Å². The first-order valence-electron chi connectivity index (χ1n) is 8.16. The molecule has 1 aliphatic rings. The van der Waals surface area contributed by atoms with E-state index < -0.39 is 0 Å². The van der Waals surface area contributed by atoms with Crippen LogP contribution in [0.15, 0.2) is 29.8 Å². The summed E-state index contributed by atoms with van der Waals surface area (Å²) in [6, 6.07) is 1.84. The van der Waals surface area contributed by atoms with E-state index in [1.54, 1.807) is 23.4 Å². The molecule has 3 rings (SSSR count). The summed E-state index contributed by atoms with van der Waals surface area (Å²) in [4.78, 5) is 22.0. The number of rotatable bonds is 4. The van der Waals surface area contributed by atoms with E-state index in [4.69, 9.17) is 4.99 Å². The third-order valence-corrected chi connectivity index (χ3v) is 3.92. The number of hydrogen-bond donors (Lipinski definition) is 1.